The van der Waals surface area contributed by atoms with Crippen LogP contribution in [0.25, 0.3) is 0 Å². The predicted molar refractivity (Wildman–Crippen MR) is 61.9 cm³/mol. The number of hydrogen-bond acceptors (Lipinski definition) is 3. The first-order chi connectivity index (χ1) is 8.33. The quantitative estimate of drug-likeness (QED) is 0.818. The molecule has 1 amide bonds. The molecule has 0 saturated carbocycles. The van der Waals surface area contributed by atoms with Gasteiger partial charge in [0.15, 0.2) is 0 Å². The Balaban J connectivity index is 2.48. The van der Waals surface area contributed by atoms with E-state index in [1.165, 1.54) is 4.90 Å². The second-order valence-electron chi connectivity index (χ2n) is 4.71. The van der Waals surface area contributed by atoms with Crippen molar-refractivity contribution in [3.63, 3.8) is 0 Å². The van der Waals surface area contributed by atoms with Crippen LogP contribution >= 0.6 is 0 Å². The molecule has 0 aromatic heterocycles. The summed E-state index contributed by atoms with van der Waals surface area (Å²) >= 11 is 0. The number of nitrogens with zero attached hydrogens (tertiary/aromatic N) is 2. The molecule has 0 aliphatic carbocycles. The van der Waals surface area contributed by atoms with Crippen LogP contribution in [-0.2, 0) is 4.79 Å². The normalized spacial score (nSPS) is 20.6. The third-order valence-corrected chi connectivity index (χ3v) is 3.08. The van der Waals surface area contributed by atoms with E-state index in [2.05, 4.69) is 0 Å². The average Bonchev–Trinajstić information content (AvgIpc) is 2.50. The molecule has 106 valence electrons. The number of carbonyl (C=O) groups is 1. The monoisotopic (exact) mass is 267 g/mol. The summed E-state index contributed by atoms with van der Waals surface area (Å²) in [6.45, 7) is 2.60. The number of rotatable bonds is 3. The smallest absolute Gasteiger partial charge is 0.341 e. The van der Waals surface area contributed by atoms with Crippen LogP contribution in [0.5, 0.6) is 0 Å². The van der Waals surface area contributed by atoms with Crippen LogP contribution in [0.1, 0.15) is 13.3 Å². The van der Waals surface area contributed by atoms with Crippen LogP contribution in [-0.4, -0.2) is 61.2 Å². The standard InChI is InChI=1S/C11H20F3N3O/c1-9(7-15)10(18)17-4-2-3-16(5-6-17)8-11(12,13)14/h9H,2-8,15H2,1H3. The number of alkyl halides is 3. The first kappa shape index (κ1) is 15.2. The molecule has 0 bridgehead atoms. The highest BCUT2D eigenvalue weighted by Crippen LogP contribution is 2.17. The highest BCUT2D eigenvalue weighted by atomic mass is 19.4. The summed E-state index contributed by atoms with van der Waals surface area (Å²) in [7, 11) is 0. The summed E-state index contributed by atoms with van der Waals surface area (Å²) in [6, 6.07) is 0. The summed E-state index contributed by atoms with van der Waals surface area (Å²) in [4.78, 5) is 14.8. The van der Waals surface area contributed by atoms with Crippen molar-refractivity contribution in [3.8, 4) is 0 Å². The Kier molecular flexibility index (Phi) is 5.40. The lowest BCUT2D eigenvalue weighted by atomic mass is 10.1. The number of carbonyl (C=O) groups excluding carboxylic acids is 1. The molecule has 7 heteroatoms. The van der Waals surface area contributed by atoms with Gasteiger partial charge in [-0.25, -0.2) is 0 Å². The minimum atomic E-state index is -4.18. The lowest BCUT2D eigenvalue weighted by Gasteiger charge is -2.24. The molecule has 1 fully saturated rings. The zero-order valence-electron chi connectivity index (χ0n) is 10.5. The van der Waals surface area contributed by atoms with Crippen molar-refractivity contribution in [2.75, 3.05) is 39.3 Å². The average molecular weight is 267 g/mol. The van der Waals surface area contributed by atoms with Crippen LogP contribution in [0.3, 0.4) is 0 Å². The van der Waals surface area contributed by atoms with Gasteiger partial charge in [0, 0.05) is 38.6 Å². The molecule has 0 aromatic carbocycles. The van der Waals surface area contributed by atoms with E-state index in [-0.39, 0.29) is 24.9 Å². The van der Waals surface area contributed by atoms with Crippen molar-refractivity contribution in [1.82, 2.24) is 9.80 Å². The lowest BCUT2D eigenvalue weighted by molar-refractivity contribution is -0.145. The number of amides is 1. The topological polar surface area (TPSA) is 49.6 Å². The van der Waals surface area contributed by atoms with Crippen molar-refractivity contribution in [3.05, 3.63) is 0 Å². The largest absolute Gasteiger partial charge is 0.401 e. The van der Waals surface area contributed by atoms with Crippen LogP contribution < -0.4 is 5.73 Å². The predicted octanol–water partition coefficient (Wildman–Crippen LogP) is 0.678. The molecule has 1 saturated heterocycles. The summed E-state index contributed by atoms with van der Waals surface area (Å²) in [6.07, 6.45) is -3.61. The maximum Gasteiger partial charge on any atom is 0.401 e. The molecule has 18 heavy (non-hydrogen) atoms. The summed E-state index contributed by atoms with van der Waals surface area (Å²) in [5.74, 6) is -0.328. The van der Waals surface area contributed by atoms with Crippen LogP contribution in [0.4, 0.5) is 13.2 Å². The Morgan fingerprint density at radius 2 is 1.94 bits per heavy atom. The fraction of sp³-hybridized carbons (Fsp3) is 0.909. The molecule has 0 spiro atoms. The number of nitrogens with two attached hydrogens (primary N) is 1. The third-order valence-electron chi connectivity index (χ3n) is 3.08. The molecule has 1 unspecified atom stereocenters. The van der Waals surface area contributed by atoms with Gasteiger partial charge in [-0.2, -0.15) is 13.2 Å². The van der Waals surface area contributed by atoms with Crippen molar-refractivity contribution in [1.29, 1.82) is 0 Å². The van der Waals surface area contributed by atoms with Gasteiger partial charge in [-0.05, 0) is 6.42 Å². The zero-order chi connectivity index (χ0) is 13.8. The lowest BCUT2D eigenvalue weighted by Crippen LogP contribution is -2.41. The van der Waals surface area contributed by atoms with Crippen molar-refractivity contribution < 1.29 is 18.0 Å². The Bertz CT molecular complexity index is 283. The molecule has 1 aliphatic rings. The molecule has 1 atom stereocenters. The first-order valence-corrected chi connectivity index (χ1v) is 6.11. The Labute approximate surface area is 105 Å². The number of halogens is 3. The van der Waals surface area contributed by atoms with E-state index in [1.54, 1.807) is 11.8 Å². The van der Waals surface area contributed by atoms with Crippen LogP contribution in [0.2, 0.25) is 0 Å². The maximum atomic E-state index is 12.3. The molecule has 1 heterocycles. The van der Waals surface area contributed by atoms with Gasteiger partial charge in [0.25, 0.3) is 0 Å². The second-order valence-corrected chi connectivity index (χ2v) is 4.71. The van der Waals surface area contributed by atoms with Crippen LogP contribution in [0, 0.1) is 5.92 Å². The summed E-state index contributed by atoms with van der Waals surface area (Å²) in [5.41, 5.74) is 5.42. The van der Waals surface area contributed by atoms with Gasteiger partial charge in [-0.15, -0.1) is 0 Å². The van der Waals surface area contributed by atoms with Gasteiger partial charge in [0.05, 0.1) is 6.54 Å². The molecule has 2 N–H and O–H groups in total. The molecule has 1 aliphatic heterocycles. The summed E-state index contributed by atoms with van der Waals surface area (Å²) in [5, 5.41) is 0. The van der Waals surface area contributed by atoms with Crippen molar-refractivity contribution in [2.24, 2.45) is 11.7 Å². The van der Waals surface area contributed by atoms with Gasteiger partial charge in [0.2, 0.25) is 5.91 Å². The van der Waals surface area contributed by atoms with Crippen LogP contribution in [0.15, 0.2) is 0 Å². The maximum absolute atomic E-state index is 12.3. The van der Waals surface area contributed by atoms with E-state index in [9.17, 15) is 18.0 Å². The molecule has 4 nitrogen and oxygen atoms in total. The SMILES string of the molecule is CC(CN)C(=O)N1CCCN(CC(F)(F)F)CC1. The molecular weight excluding hydrogens is 247 g/mol. The minimum Gasteiger partial charge on any atom is -0.341 e. The van der Waals surface area contributed by atoms with E-state index in [4.69, 9.17) is 5.73 Å². The molecule has 0 radical (unpaired) electrons. The molecule has 1 rings (SSSR count). The van der Waals surface area contributed by atoms with Gasteiger partial charge in [-0.1, -0.05) is 6.92 Å². The van der Waals surface area contributed by atoms with Crippen molar-refractivity contribution in [2.45, 2.75) is 19.5 Å². The Morgan fingerprint density at radius 1 is 1.28 bits per heavy atom. The third kappa shape index (κ3) is 4.81. The minimum absolute atomic E-state index is 0.0636. The van der Waals surface area contributed by atoms with E-state index in [1.807, 2.05) is 0 Å². The molecular formula is C11H20F3N3O. The van der Waals surface area contributed by atoms with Crippen molar-refractivity contribution >= 4 is 5.91 Å². The highest BCUT2D eigenvalue weighted by molar-refractivity contribution is 5.78. The Morgan fingerprint density at radius 3 is 2.50 bits per heavy atom. The zero-order valence-corrected chi connectivity index (χ0v) is 10.5. The first-order valence-electron chi connectivity index (χ1n) is 6.11. The number of hydrogen-bond donors (Lipinski definition) is 1. The van der Waals surface area contributed by atoms with Gasteiger partial charge >= 0.3 is 6.18 Å². The van der Waals surface area contributed by atoms with Gasteiger partial charge < -0.3 is 10.6 Å². The Hall–Kier alpha value is -0.820. The fourth-order valence-corrected chi connectivity index (χ4v) is 2.02. The van der Waals surface area contributed by atoms with E-state index in [0.717, 1.165) is 0 Å². The van der Waals surface area contributed by atoms with Gasteiger partial charge in [-0.3, -0.25) is 9.69 Å². The molecule has 0 aromatic rings. The summed E-state index contributed by atoms with van der Waals surface area (Å²) < 4.78 is 36.8. The van der Waals surface area contributed by atoms with Gasteiger partial charge in [0.1, 0.15) is 0 Å². The highest BCUT2D eigenvalue weighted by Gasteiger charge is 2.32. The van der Waals surface area contributed by atoms with E-state index >= 15 is 0 Å². The van der Waals surface area contributed by atoms with E-state index < -0.39 is 12.7 Å². The second kappa shape index (κ2) is 6.38. The fourth-order valence-electron chi connectivity index (χ4n) is 2.02. The van der Waals surface area contributed by atoms with E-state index in [0.29, 0.717) is 26.1 Å².